The van der Waals surface area contributed by atoms with Gasteiger partial charge in [-0.25, -0.2) is 13.1 Å². The van der Waals surface area contributed by atoms with Crippen LogP contribution in [-0.4, -0.2) is 51.7 Å². The Morgan fingerprint density at radius 3 is 2.39 bits per heavy atom. The highest BCUT2D eigenvalue weighted by molar-refractivity contribution is 7.89. The molecular formula is C14H28N4O4S. The molecule has 5 N–H and O–H groups in total. The predicted molar refractivity (Wildman–Crippen MR) is 88.0 cm³/mol. The van der Waals surface area contributed by atoms with Gasteiger partial charge in [-0.05, 0) is 24.7 Å². The average molecular weight is 348 g/mol. The summed E-state index contributed by atoms with van der Waals surface area (Å²) in [6.45, 7) is 3.89. The van der Waals surface area contributed by atoms with Gasteiger partial charge in [-0.2, -0.15) is 0 Å². The van der Waals surface area contributed by atoms with Gasteiger partial charge >= 0.3 is 0 Å². The van der Waals surface area contributed by atoms with Crippen molar-refractivity contribution in [1.82, 2.24) is 15.4 Å². The maximum Gasteiger partial charge on any atom is 0.239 e. The van der Waals surface area contributed by atoms with Gasteiger partial charge < -0.3 is 16.4 Å². The first-order chi connectivity index (χ1) is 10.7. The van der Waals surface area contributed by atoms with E-state index in [0.717, 1.165) is 19.3 Å². The van der Waals surface area contributed by atoms with Gasteiger partial charge in [0.1, 0.15) is 0 Å². The topological polar surface area (TPSA) is 130 Å². The van der Waals surface area contributed by atoms with Crippen molar-refractivity contribution in [3.63, 3.8) is 0 Å². The van der Waals surface area contributed by atoms with E-state index in [1.165, 1.54) is 0 Å². The monoisotopic (exact) mass is 348 g/mol. The maximum atomic E-state index is 11.7. The fourth-order valence-corrected chi connectivity index (χ4v) is 2.99. The van der Waals surface area contributed by atoms with Crippen molar-refractivity contribution in [1.29, 1.82) is 0 Å². The lowest BCUT2D eigenvalue weighted by atomic mass is 9.86. The summed E-state index contributed by atoms with van der Waals surface area (Å²) < 4.78 is 26.0. The van der Waals surface area contributed by atoms with E-state index in [0.29, 0.717) is 12.5 Å². The van der Waals surface area contributed by atoms with Gasteiger partial charge in [0.2, 0.25) is 21.8 Å². The van der Waals surface area contributed by atoms with Gasteiger partial charge in [-0.15, -0.1) is 0 Å². The summed E-state index contributed by atoms with van der Waals surface area (Å²) >= 11 is 0. The molecular weight excluding hydrogens is 320 g/mol. The Morgan fingerprint density at radius 1 is 1.22 bits per heavy atom. The van der Waals surface area contributed by atoms with Crippen molar-refractivity contribution in [2.24, 2.45) is 17.6 Å². The van der Waals surface area contributed by atoms with Crippen LogP contribution in [0.5, 0.6) is 0 Å². The standard InChI is InChI=1S/C14H28N4O4S/c1-10(2)13(15)14(20)17-9-12(19)16-6-7-23(21,22)18-8-11-4-3-5-11/h10-11,13,18H,3-9,15H2,1-2H3,(H,16,19)(H,17,20)/t13-/m0/s1. The molecule has 0 aliphatic heterocycles. The Kier molecular flexibility index (Phi) is 7.93. The zero-order valence-corrected chi connectivity index (χ0v) is 14.6. The van der Waals surface area contributed by atoms with Crippen LogP contribution in [0.2, 0.25) is 0 Å². The number of rotatable bonds is 10. The molecule has 1 aliphatic carbocycles. The average Bonchev–Trinajstić information content (AvgIpc) is 2.41. The summed E-state index contributed by atoms with van der Waals surface area (Å²) in [5, 5.41) is 4.89. The minimum Gasteiger partial charge on any atom is -0.353 e. The van der Waals surface area contributed by atoms with E-state index in [-0.39, 0.29) is 24.8 Å². The second-order valence-electron chi connectivity index (χ2n) is 6.30. The normalized spacial score (nSPS) is 16.7. The molecule has 9 heteroatoms. The Labute approximate surface area is 138 Å². The molecule has 0 aromatic carbocycles. The molecule has 1 rings (SSSR count). The van der Waals surface area contributed by atoms with Gasteiger partial charge in [0, 0.05) is 13.1 Å². The van der Waals surface area contributed by atoms with E-state index in [2.05, 4.69) is 15.4 Å². The van der Waals surface area contributed by atoms with Crippen LogP contribution in [0, 0.1) is 11.8 Å². The van der Waals surface area contributed by atoms with Gasteiger partial charge in [0.05, 0.1) is 18.3 Å². The molecule has 23 heavy (non-hydrogen) atoms. The van der Waals surface area contributed by atoms with Crippen molar-refractivity contribution in [3.8, 4) is 0 Å². The van der Waals surface area contributed by atoms with Crippen molar-refractivity contribution in [2.75, 3.05) is 25.4 Å². The fourth-order valence-electron chi connectivity index (χ4n) is 1.99. The molecule has 8 nitrogen and oxygen atoms in total. The van der Waals surface area contributed by atoms with Crippen molar-refractivity contribution < 1.29 is 18.0 Å². The molecule has 0 saturated heterocycles. The molecule has 1 atom stereocenters. The molecule has 134 valence electrons. The van der Waals surface area contributed by atoms with E-state index >= 15 is 0 Å². The summed E-state index contributed by atoms with van der Waals surface area (Å²) in [4.78, 5) is 23.1. The maximum absolute atomic E-state index is 11.7. The van der Waals surface area contributed by atoms with Crippen LogP contribution in [-0.2, 0) is 19.6 Å². The van der Waals surface area contributed by atoms with Crippen LogP contribution in [0.25, 0.3) is 0 Å². The van der Waals surface area contributed by atoms with Gasteiger partial charge in [0.25, 0.3) is 0 Å². The first kappa shape index (κ1) is 19.9. The molecule has 2 amide bonds. The number of carbonyl (C=O) groups excluding carboxylic acids is 2. The molecule has 1 fully saturated rings. The third-order valence-corrected chi connectivity index (χ3v) is 5.30. The Bertz CT molecular complexity index is 503. The predicted octanol–water partition coefficient (Wildman–Crippen LogP) is -1.08. The lowest BCUT2D eigenvalue weighted by Gasteiger charge is -2.25. The van der Waals surface area contributed by atoms with E-state index in [1.54, 1.807) is 0 Å². The number of sulfonamides is 1. The number of nitrogens with one attached hydrogen (secondary N) is 3. The SMILES string of the molecule is CC(C)[C@H](N)C(=O)NCC(=O)NCCS(=O)(=O)NCC1CCC1. The van der Waals surface area contributed by atoms with Crippen LogP contribution in [0.15, 0.2) is 0 Å². The van der Waals surface area contributed by atoms with Crippen LogP contribution in [0.1, 0.15) is 33.1 Å². The summed E-state index contributed by atoms with van der Waals surface area (Å²) in [6.07, 6.45) is 3.30. The Balaban J connectivity index is 2.16. The molecule has 0 bridgehead atoms. The van der Waals surface area contributed by atoms with E-state index in [4.69, 9.17) is 5.73 Å². The smallest absolute Gasteiger partial charge is 0.239 e. The van der Waals surface area contributed by atoms with Gasteiger partial charge in [-0.1, -0.05) is 20.3 Å². The van der Waals surface area contributed by atoms with Gasteiger partial charge in [-0.3, -0.25) is 9.59 Å². The number of nitrogens with two attached hydrogens (primary N) is 1. The summed E-state index contributed by atoms with van der Waals surface area (Å²) in [6, 6.07) is -0.668. The minimum absolute atomic E-state index is 0.00490. The highest BCUT2D eigenvalue weighted by Gasteiger charge is 2.20. The quantitative estimate of drug-likeness (QED) is 0.399. The van der Waals surface area contributed by atoms with E-state index < -0.39 is 27.9 Å². The van der Waals surface area contributed by atoms with Crippen LogP contribution < -0.4 is 21.1 Å². The lowest BCUT2D eigenvalue weighted by molar-refractivity contribution is -0.127. The zero-order chi connectivity index (χ0) is 17.5. The summed E-state index contributed by atoms with van der Waals surface area (Å²) in [7, 11) is -3.38. The Morgan fingerprint density at radius 2 is 1.87 bits per heavy atom. The third-order valence-electron chi connectivity index (χ3n) is 3.95. The fraction of sp³-hybridized carbons (Fsp3) is 0.857. The molecule has 0 aromatic rings. The molecule has 0 unspecified atom stereocenters. The number of carbonyl (C=O) groups is 2. The molecule has 0 heterocycles. The number of hydrogen-bond acceptors (Lipinski definition) is 5. The lowest BCUT2D eigenvalue weighted by Crippen LogP contribution is -2.47. The molecule has 0 aromatic heterocycles. The summed E-state index contributed by atoms with van der Waals surface area (Å²) in [5.41, 5.74) is 5.65. The van der Waals surface area contributed by atoms with Crippen molar-refractivity contribution in [3.05, 3.63) is 0 Å². The van der Waals surface area contributed by atoms with E-state index in [9.17, 15) is 18.0 Å². The first-order valence-electron chi connectivity index (χ1n) is 7.98. The largest absolute Gasteiger partial charge is 0.353 e. The van der Waals surface area contributed by atoms with Crippen LogP contribution in [0.3, 0.4) is 0 Å². The minimum atomic E-state index is -3.38. The Hall–Kier alpha value is -1.19. The molecule has 1 aliphatic rings. The molecule has 0 radical (unpaired) electrons. The molecule has 0 spiro atoms. The van der Waals surface area contributed by atoms with Crippen LogP contribution in [0.4, 0.5) is 0 Å². The second kappa shape index (κ2) is 9.19. The zero-order valence-electron chi connectivity index (χ0n) is 13.8. The third kappa shape index (κ3) is 7.76. The van der Waals surface area contributed by atoms with Crippen molar-refractivity contribution >= 4 is 21.8 Å². The first-order valence-corrected chi connectivity index (χ1v) is 9.64. The second-order valence-corrected chi connectivity index (χ2v) is 8.23. The van der Waals surface area contributed by atoms with E-state index in [1.807, 2.05) is 13.8 Å². The molecule has 1 saturated carbocycles. The highest BCUT2D eigenvalue weighted by Crippen LogP contribution is 2.25. The number of hydrogen-bond donors (Lipinski definition) is 4. The van der Waals surface area contributed by atoms with Gasteiger partial charge in [0.15, 0.2) is 0 Å². The highest BCUT2D eigenvalue weighted by atomic mass is 32.2. The van der Waals surface area contributed by atoms with Crippen molar-refractivity contribution in [2.45, 2.75) is 39.2 Å². The van der Waals surface area contributed by atoms with Crippen LogP contribution >= 0.6 is 0 Å². The number of amides is 2. The summed E-state index contributed by atoms with van der Waals surface area (Å²) in [5.74, 6) is -0.594.